The standard InChI is InChI=1S/C26H22N2O4S/c1-17-23(33-16-18-8-7-12-20(14-18)19-9-3-2-4-10-19)27-26(32)28(24(17)29)15-21-11-5-6-13-22(21)25(30)31/h2-14H,15-16H2,1H3,(H,27,32)(H,30,31). The fourth-order valence-electron chi connectivity index (χ4n) is 3.60. The van der Waals surface area contributed by atoms with Crippen LogP contribution in [0.2, 0.25) is 0 Å². The van der Waals surface area contributed by atoms with E-state index in [4.69, 9.17) is 0 Å². The molecule has 33 heavy (non-hydrogen) atoms. The number of nitrogens with one attached hydrogen (secondary N) is 1. The summed E-state index contributed by atoms with van der Waals surface area (Å²) in [5, 5.41) is 9.89. The normalized spacial score (nSPS) is 10.8. The van der Waals surface area contributed by atoms with Crippen molar-refractivity contribution in [2.75, 3.05) is 0 Å². The molecule has 1 heterocycles. The minimum atomic E-state index is -1.10. The average Bonchev–Trinajstić information content (AvgIpc) is 2.84. The highest BCUT2D eigenvalue weighted by Crippen LogP contribution is 2.25. The van der Waals surface area contributed by atoms with Crippen molar-refractivity contribution < 1.29 is 9.90 Å². The van der Waals surface area contributed by atoms with Gasteiger partial charge in [0.25, 0.3) is 5.56 Å². The molecule has 0 amide bonds. The molecule has 0 aliphatic rings. The topological polar surface area (TPSA) is 92.2 Å². The van der Waals surface area contributed by atoms with E-state index < -0.39 is 17.2 Å². The molecule has 0 aliphatic heterocycles. The van der Waals surface area contributed by atoms with E-state index in [9.17, 15) is 19.5 Å². The Bertz CT molecular complexity index is 1420. The summed E-state index contributed by atoms with van der Waals surface area (Å²) in [6.07, 6.45) is 0. The molecule has 3 aromatic carbocycles. The van der Waals surface area contributed by atoms with Crippen molar-refractivity contribution in [1.29, 1.82) is 0 Å². The third kappa shape index (κ3) is 4.99. The Morgan fingerprint density at radius 2 is 1.64 bits per heavy atom. The van der Waals surface area contributed by atoms with Crippen LogP contribution in [0, 0.1) is 6.92 Å². The van der Waals surface area contributed by atoms with E-state index in [2.05, 4.69) is 23.2 Å². The summed E-state index contributed by atoms with van der Waals surface area (Å²) in [5.41, 5.74) is 3.19. The van der Waals surface area contributed by atoms with Crippen molar-refractivity contribution in [1.82, 2.24) is 9.55 Å². The molecule has 0 radical (unpaired) electrons. The molecular weight excluding hydrogens is 436 g/mol. The molecular formula is C26H22N2O4S. The third-order valence-electron chi connectivity index (χ3n) is 5.37. The lowest BCUT2D eigenvalue weighted by molar-refractivity contribution is 0.0695. The van der Waals surface area contributed by atoms with Gasteiger partial charge in [0.05, 0.1) is 17.1 Å². The minimum Gasteiger partial charge on any atom is -0.478 e. The molecule has 0 spiro atoms. The van der Waals surface area contributed by atoms with Crippen LogP contribution in [0.15, 0.2) is 93.5 Å². The first-order valence-electron chi connectivity index (χ1n) is 10.4. The molecule has 7 heteroatoms. The van der Waals surface area contributed by atoms with Crippen molar-refractivity contribution in [2.24, 2.45) is 0 Å². The zero-order valence-corrected chi connectivity index (χ0v) is 18.8. The van der Waals surface area contributed by atoms with Crippen LogP contribution in [0.4, 0.5) is 0 Å². The molecule has 0 saturated heterocycles. The molecule has 0 atom stereocenters. The SMILES string of the molecule is Cc1c(SCc2cccc(-c3ccccc3)c2)[nH]c(=O)n(Cc2ccccc2C(=O)O)c1=O. The average molecular weight is 459 g/mol. The number of aromatic carboxylic acids is 1. The number of aromatic nitrogens is 2. The number of thioether (sulfide) groups is 1. The third-order valence-corrected chi connectivity index (χ3v) is 6.54. The lowest BCUT2D eigenvalue weighted by Gasteiger charge is -2.11. The summed E-state index contributed by atoms with van der Waals surface area (Å²) in [5.74, 6) is -0.514. The molecule has 0 fully saturated rings. The quantitative estimate of drug-likeness (QED) is 0.313. The van der Waals surface area contributed by atoms with Crippen LogP contribution < -0.4 is 11.2 Å². The van der Waals surface area contributed by atoms with Crippen molar-refractivity contribution in [3.63, 3.8) is 0 Å². The summed E-state index contributed by atoms with van der Waals surface area (Å²) in [4.78, 5) is 39.9. The van der Waals surface area contributed by atoms with Gasteiger partial charge in [-0.1, -0.05) is 72.8 Å². The first kappa shape index (κ1) is 22.4. The number of H-pyrrole nitrogens is 1. The lowest BCUT2D eigenvalue weighted by Crippen LogP contribution is -2.37. The van der Waals surface area contributed by atoms with Gasteiger partial charge in [0, 0.05) is 11.3 Å². The second kappa shape index (κ2) is 9.75. The summed E-state index contributed by atoms with van der Waals surface area (Å²) >= 11 is 1.39. The maximum atomic E-state index is 12.9. The van der Waals surface area contributed by atoms with Crippen LogP contribution in [-0.2, 0) is 12.3 Å². The number of carboxylic acids is 1. The Morgan fingerprint density at radius 3 is 2.39 bits per heavy atom. The molecule has 4 rings (SSSR count). The van der Waals surface area contributed by atoms with Crippen LogP contribution >= 0.6 is 11.8 Å². The summed E-state index contributed by atoms with van der Waals surface area (Å²) in [7, 11) is 0. The highest BCUT2D eigenvalue weighted by Gasteiger charge is 2.15. The molecule has 0 unspecified atom stereocenters. The van der Waals surface area contributed by atoms with Gasteiger partial charge in [-0.3, -0.25) is 9.36 Å². The van der Waals surface area contributed by atoms with Gasteiger partial charge in [0.15, 0.2) is 0 Å². The highest BCUT2D eigenvalue weighted by molar-refractivity contribution is 7.98. The Labute approximate surface area is 194 Å². The monoisotopic (exact) mass is 458 g/mol. The van der Waals surface area contributed by atoms with Crippen molar-refractivity contribution in [3.05, 3.63) is 122 Å². The van der Waals surface area contributed by atoms with Gasteiger partial charge in [-0.25, -0.2) is 9.59 Å². The summed E-state index contributed by atoms with van der Waals surface area (Å²) in [6, 6.07) is 24.6. The molecule has 0 bridgehead atoms. The van der Waals surface area contributed by atoms with E-state index in [1.165, 1.54) is 17.8 Å². The predicted octanol–water partition coefficient (Wildman–Crippen LogP) is 4.55. The van der Waals surface area contributed by atoms with Gasteiger partial charge >= 0.3 is 11.7 Å². The maximum Gasteiger partial charge on any atom is 0.336 e. The zero-order chi connectivity index (χ0) is 23.4. The molecule has 0 saturated carbocycles. The van der Waals surface area contributed by atoms with Crippen LogP contribution in [0.1, 0.15) is 27.0 Å². The Balaban J connectivity index is 1.57. The number of hydrogen-bond acceptors (Lipinski definition) is 4. The number of hydrogen-bond donors (Lipinski definition) is 2. The van der Waals surface area contributed by atoms with Gasteiger partial charge < -0.3 is 10.1 Å². The zero-order valence-electron chi connectivity index (χ0n) is 17.9. The minimum absolute atomic E-state index is 0.0678. The van der Waals surface area contributed by atoms with Crippen molar-refractivity contribution >= 4 is 17.7 Å². The molecule has 6 nitrogen and oxygen atoms in total. The molecule has 166 valence electrons. The molecule has 4 aromatic rings. The first-order chi connectivity index (χ1) is 15.9. The Kier molecular flexibility index (Phi) is 6.60. The fraction of sp³-hybridized carbons (Fsp3) is 0.115. The van der Waals surface area contributed by atoms with Crippen LogP contribution in [0.25, 0.3) is 11.1 Å². The van der Waals surface area contributed by atoms with E-state index in [0.29, 0.717) is 21.9 Å². The summed E-state index contributed by atoms with van der Waals surface area (Å²) < 4.78 is 1.04. The van der Waals surface area contributed by atoms with E-state index >= 15 is 0 Å². The number of benzene rings is 3. The Hall–Kier alpha value is -3.84. The molecule has 0 aliphatic carbocycles. The highest BCUT2D eigenvalue weighted by atomic mass is 32.2. The first-order valence-corrected chi connectivity index (χ1v) is 11.3. The Morgan fingerprint density at radius 1 is 0.939 bits per heavy atom. The number of rotatable bonds is 7. The van der Waals surface area contributed by atoms with Gasteiger partial charge in [-0.05, 0) is 35.2 Å². The maximum absolute atomic E-state index is 12.9. The number of carbonyl (C=O) groups is 1. The molecule has 1 aromatic heterocycles. The van der Waals surface area contributed by atoms with Crippen LogP contribution in [0.3, 0.4) is 0 Å². The van der Waals surface area contributed by atoms with Gasteiger partial charge in [0.1, 0.15) is 0 Å². The fourth-order valence-corrected chi connectivity index (χ4v) is 4.56. The van der Waals surface area contributed by atoms with Crippen LogP contribution in [0.5, 0.6) is 0 Å². The second-order valence-electron chi connectivity index (χ2n) is 7.59. The van der Waals surface area contributed by atoms with E-state index in [0.717, 1.165) is 21.3 Å². The van der Waals surface area contributed by atoms with Crippen LogP contribution in [-0.4, -0.2) is 20.6 Å². The number of nitrogens with zero attached hydrogens (tertiary/aromatic N) is 1. The van der Waals surface area contributed by atoms with Gasteiger partial charge in [-0.2, -0.15) is 0 Å². The second-order valence-corrected chi connectivity index (χ2v) is 8.58. The van der Waals surface area contributed by atoms with E-state index in [1.807, 2.05) is 36.4 Å². The van der Waals surface area contributed by atoms with E-state index in [-0.39, 0.29) is 12.1 Å². The van der Waals surface area contributed by atoms with E-state index in [1.54, 1.807) is 25.1 Å². The number of aromatic amines is 1. The molecule has 2 N–H and O–H groups in total. The van der Waals surface area contributed by atoms with Gasteiger partial charge in [0.2, 0.25) is 0 Å². The van der Waals surface area contributed by atoms with Crippen molar-refractivity contribution in [3.8, 4) is 11.1 Å². The predicted molar refractivity (Wildman–Crippen MR) is 130 cm³/mol. The summed E-state index contributed by atoms with van der Waals surface area (Å²) in [6.45, 7) is 1.56. The lowest BCUT2D eigenvalue weighted by atomic mass is 10.0. The smallest absolute Gasteiger partial charge is 0.336 e. The van der Waals surface area contributed by atoms with Gasteiger partial charge in [-0.15, -0.1) is 11.8 Å². The van der Waals surface area contributed by atoms with Crippen molar-refractivity contribution in [2.45, 2.75) is 24.2 Å². The number of carboxylic acid groups (broad SMARTS) is 1. The largest absolute Gasteiger partial charge is 0.478 e.